The van der Waals surface area contributed by atoms with Crippen molar-refractivity contribution in [2.45, 2.75) is 26.5 Å². The third-order valence-electron chi connectivity index (χ3n) is 2.53. The number of nitrogens with one attached hydrogen (secondary N) is 2. The largest absolute Gasteiger partial charge is 0.475 e. The van der Waals surface area contributed by atoms with E-state index in [0.717, 1.165) is 5.56 Å². The SMILES string of the molecule is CC(C)Oc1ncccc1CNc1nc[nH]c(=O)c1N. The fourth-order valence-corrected chi connectivity index (χ4v) is 1.62. The van der Waals surface area contributed by atoms with Gasteiger partial charge in [-0.2, -0.15) is 0 Å². The van der Waals surface area contributed by atoms with E-state index in [0.29, 0.717) is 18.2 Å². The number of aromatic nitrogens is 3. The van der Waals surface area contributed by atoms with Crippen molar-refractivity contribution in [1.82, 2.24) is 15.0 Å². The van der Waals surface area contributed by atoms with Gasteiger partial charge >= 0.3 is 0 Å². The van der Waals surface area contributed by atoms with Crippen molar-refractivity contribution >= 4 is 11.5 Å². The van der Waals surface area contributed by atoms with Crippen molar-refractivity contribution in [3.63, 3.8) is 0 Å². The van der Waals surface area contributed by atoms with Gasteiger partial charge in [0.2, 0.25) is 5.88 Å². The number of rotatable bonds is 5. The molecule has 2 aromatic rings. The van der Waals surface area contributed by atoms with Gasteiger partial charge in [0, 0.05) is 18.3 Å². The maximum atomic E-state index is 11.4. The van der Waals surface area contributed by atoms with Crippen LogP contribution in [0.4, 0.5) is 11.5 Å². The molecule has 7 heteroatoms. The number of anilines is 2. The van der Waals surface area contributed by atoms with Gasteiger partial charge in [-0.05, 0) is 19.9 Å². The number of nitrogens with two attached hydrogens (primary N) is 1. The summed E-state index contributed by atoms with van der Waals surface area (Å²) in [6.45, 7) is 4.28. The van der Waals surface area contributed by atoms with E-state index in [1.807, 2.05) is 26.0 Å². The standard InChI is InChI=1S/C13H17N5O2/c1-8(2)20-13-9(4-3-5-15-13)6-16-11-10(14)12(19)18-7-17-11/h3-5,7-8H,6,14H2,1-2H3,(H2,16,17,18,19). The summed E-state index contributed by atoms with van der Waals surface area (Å²) < 4.78 is 5.62. The number of ether oxygens (including phenoxy) is 1. The van der Waals surface area contributed by atoms with Gasteiger partial charge in [-0.25, -0.2) is 9.97 Å². The number of pyridine rings is 1. The molecular formula is C13H17N5O2. The first-order chi connectivity index (χ1) is 9.58. The van der Waals surface area contributed by atoms with Crippen LogP contribution in [-0.2, 0) is 6.54 Å². The van der Waals surface area contributed by atoms with Gasteiger partial charge in [-0.1, -0.05) is 6.07 Å². The molecule has 0 saturated carbocycles. The summed E-state index contributed by atoms with van der Waals surface area (Å²) in [6, 6.07) is 3.71. The van der Waals surface area contributed by atoms with E-state index in [1.54, 1.807) is 6.20 Å². The molecule has 106 valence electrons. The predicted octanol–water partition coefficient (Wildman–Crippen LogP) is 1.15. The average molecular weight is 275 g/mol. The van der Waals surface area contributed by atoms with Gasteiger partial charge in [0.25, 0.3) is 5.56 Å². The Balaban J connectivity index is 2.15. The zero-order valence-electron chi connectivity index (χ0n) is 11.4. The molecule has 0 spiro atoms. The summed E-state index contributed by atoms with van der Waals surface area (Å²) in [4.78, 5) is 22.0. The molecule has 0 aliphatic carbocycles. The molecule has 0 saturated heterocycles. The number of H-pyrrole nitrogens is 1. The molecular weight excluding hydrogens is 258 g/mol. The van der Waals surface area contributed by atoms with Gasteiger partial charge in [0.15, 0.2) is 5.82 Å². The molecule has 0 radical (unpaired) electrons. The van der Waals surface area contributed by atoms with Gasteiger partial charge in [0.1, 0.15) is 5.69 Å². The molecule has 0 aliphatic rings. The topological polar surface area (TPSA) is 106 Å². The van der Waals surface area contributed by atoms with E-state index in [2.05, 4.69) is 20.3 Å². The predicted molar refractivity (Wildman–Crippen MR) is 76.6 cm³/mol. The van der Waals surface area contributed by atoms with E-state index < -0.39 is 0 Å². The van der Waals surface area contributed by atoms with Crippen molar-refractivity contribution in [3.05, 3.63) is 40.6 Å². The van der Waals surface area contributed by atoms with Crippen molar-refractivity contribution in [2.75, 3.05) is 11.1 Å². The number of hydrogen-bond acceptors (Lipinski definition) is 6. The van der Waals surface area contributed by atoms with Crippen LogP contribution in [0.1, 0.15) is 19.4 Å². The fraction of sp³-hybridized carbons (Fsp3) is 0.308. The maximum absolute atomic E-state index is 11.4. The Kier molecular flexibility index (Phi) is 4.19. The second-order valence-electron chi connectivity index (χ2n) is 4.48. The first-order valence-corrected chi connectivity index (χ1v) is 6.25. The zero-order chi connectivity index (χ0) is 14.5. The van der Waals surface area contributed by atoms with E-state index in [9.17, 15) is 4.79 Å². The quantitative estimate of drug-likeness (QED) is 0.755. The van der Waals surface area contributed by atoms with Crippen molar-refractivity contribution in [2.24, 2.45) is 0 Å². The highest BCUT2D eigenvalue weighted by Gasteiger charge is 2.09. The summed E-state index contributed by atoms with van der Waals surface area (Å²) in [6.07, 6.45) is 3.00. The van der Waals surface area contributed by atoms with Gasteiger partial charge in [-0.3, -0.25) is 4.79 Å². The van der Waals surface area contributed by atoms with Crippen molar-refractivity contribution in [1.29, 1.82) is 0 Å². The Labute approximate surface area is 116 Å². The highest BCUT2D eigenvalue weighted by molar-refractivity contribution is 5.59. The molecule has 7 nitrogen and oxygen atoms in total. The average Bonchev–Trinajstić information content (AvgIpc) is 2.41. The molecule has 20 heavy (non-hydrogen) atoms. The molecule has 2 rings (SSSR count). The summed E-state index contributed by atoms with van der Waals surface area (Å²) >= 11 is 0. The third-order valence-corrected chi connectivity index (χ3v) is 2.53. The molecule has 2 heterocycles. The summed E-state index contributed by atoms with van der Waals surface area (Å²) in [5, 5.41) is 3.01. The third kappa shape index (κ3) is 3.25. The van der Waals surface area contributed by atoms with Crippen LogP contribution in [0.25, 0.3) is 0 Å². The Morgan fingerprint density at radius 2 is 2.25 bits per heavy atom. The van der Waals surface area contributed by atoms with Gasteiger partial charge in [-0.15, -0.1) is 0 Å². The van der Waals surface area contributed by atoms with E-state index in [4.69, 9.17) is 10.5 Å². The van der Waals surface area contributed by atoms with Crippen LogP contribution in [0.2, 0.25) is 0 Å². The summed E-state index contributed by atoms with van der Waals surface area (Å²) in [7, 11) is 0. The molecule has 0 atom stereocenters. The minimum Gasteiger partial charge on any atom is -0.475 e. The van der Waals surface area contributed by atoms with Gasteiger partial charge in [0.05, 0.1) is 12.4 Å². The maximum Gasteiger partial charge on any atom is 0.276 e. The zero-order valence-corrected chi connectivity index (χ0v) is 11.4. The first-order valence-electron chi connectivity index (χ1n) is 6.25. The van der Waals surface area contributed by atoms with Crippen LogP contribution in [0, 0.1) is 0 Å². The highest BCUT2D eigenvalue weighted by Crippen LogP contribution is 2.18. The number of nitrogen functional groups attached to an aromatic ring is 1. The normalized spacial score (nSPS) is 10.6. The Morgan fingerprint density at radius 1 is 1.45 bits per heavy atom. The number of nitrogens with zero attached hydrogens (tertiary/aromatic N) is 2. The fourth-order valence-electron chi connectivity index (χ4n) is 1.62. The van der Waals surface area contributed by atoms with Crippen LogP contribution >= 0.6 is 0 Å². The molecule has 0 aromatic carbocycles. The van der Waals surface area contributed by atoms with Crippen LogP contribution in [0.15, 0.2) is 29.5 Å². The smallest absolute Gasteiger partial charge is 0.276 e. The molecule has 0 fully saturated rings. The van der Waals surface area contributed by atoms with Crippen LogP contribution < -0.4 is 21.3 Å². The molecule has 4 N–H and O–H groups in total. The molecule has 0 bridgehead atoms. The second kappa shape index (κ2) is 6.05. The molecule has 2 aromatic heterocycles. The minimum atomic E-state index is -0.368. The number of aromatic amines is 1. The first kappa shape index (κ1) is 13.9. The van der Waals surface area contributed by atoms with Crippen molar-refractivity contribution in [3.8, 4) is 5.88 Å². The lowest BCUT2D eigenvalue weighted by molar-refractivity contribution is 0.230. The lowest BCUT2D eigenvalue weighted by atomic mass is 10.2. The second-order valence-corrected chi connectivity index (χ2v) is 4.48. The Morgan fingerprint density at radius 3 is 3.00 bits per heavy atom. The van der Waals surface area contributed by atoms with E-state index in [-0.39, 0.29) is 17.4 Å². The lowest BCUT2D eigenvalue weighted by Gasteiger charge is -2.13. The lowest BCUT2D eigenvalue weighted by Crippen LogP contribution is -2.16. The van der Waals surface area contributed by atoms with E-state index in [1.165, 1.54) is 6.33 Å². The number of hydrogen-bond donors (Lipinski definition) is 3. The Bertz CT molecular complexity index is 639. The van der Waals surface area contributed by atoms with E-state index >= 15 is 0 Å². The molecule has 0 aliphatic heterocycles. The Hall–Kier alpha value is -2.57. The van der Waals surface area contributed by atoms with Crippen LogP contribution in [-0.4, -0.2) is 21.1 Å². The van der Waals surface area contributed by atoms with Crippen LogP contribution in [0.5, 0.6) is 5.88 Å². The van der Waals surface area contributed by atoms with Crippen LogP contribution in [0.3, 0.4) is 0 Å². The van der Waals surface area contributed by atoms with Gasteiger partial charge < -0.3 is 20.8 Å². The summed E-state index contributed by atoms with van der Waals surface area (Å²) in [5.74, 6) is 0.895. The summed E-state index contributed by atoms with van der Waals surface area (Å²) in [5.41, 5.74) is 6.20. The van der Waals surface area contributed by atoms with Crippen molar-refractivity contribution < 1.29 is 4.74 Å². The monoisotopic (exact) mass is 275 g/mol. The minimum absolute atomic E-state index is 0.0337. The highest BCUT2D eigenvalue weighted by atomic mass is 16.5. The molecule has 0 unspecified atom stereocenters. The molecule has 0 amide bonds.